The van der Waals surface area contributed by atoms with Gasteiger partial charge in [0.15, 0.2) is 15.6 Å². The van der Waals surface area contributed by atoms with Crippen molar-refractivity contribution in [3.05, 3.63) is 45.9 Å². The molecule has 0 saturated carbocycles. The van der Waals surface area contributed by atoms with Crippen LogP contribution in [0.4, 0.5) is 17.6 Å². The van der Waals surface area contributed by atoms with Crippen molar-refractivity contribution in [3.63, 3.8) is 0 Å². The Kier molecular flexibility index (Phi) is 4.75. The maximum Gasteiger partial charge on any atom is 0.502 e. The summed E-state index contributed by atoms with van der Waals surface area (Å²) in [5.74, 6) is -2.01. The maximum atomic E-state index is 13.6. The summed E-state index contributed by atoms with van der Waals surface area (Å²) in [6.45, 7) is 1.35. The van der Waals surface area contributed by atoms with E-state index < -0.39 is 60.1 Å². The predicted octanol–water partition coefficient (Wildman–Crippen LogP) is 2.02. The Morgan fingerprint density at radius 2 is 1.89 bits per heavy atom. The third-order valence-electron chi connectivity index (χ3n) is 3.86. The van der Waals surface area contributed by atoms with Crippen LogP contribution in [0.1, 0.15) is 19.0 Å². The molecule has 0 spiro atoms. The number of ether oxygens (including phenoxy) is 1. The van der Waals surface area contributed by atoms with E-state index in [4.69, 9.17) is 4.74 Å². The maximum absolute atomic E-state index is 13.6. The number of sulfone groups is 2. The molecule has 0 aromatic carbocycles. The van der Waals surface area contributed by atoms with Crippen molar-refractivity contribution in [2.45, 2.75) is 29.8 Å². The fourth-order valence-electron chi connectivity index (χ4n) is 2.41. The lowest BCUT2D eigenvalue weighted by Crippen LogP contribution is -2.26. The summed E-state index contributed by atoms with van der Waals surface area (Å²) in [4.78, 5) is 5.88. The molecule has 1 aromatic heterocycles. The number of hydrogen-bond acceptors (Lipinski definition) is 7. The highest BCUT2D eigenvalue weighted by Gasteiger charge is 2.50. The van der Waals surface area contributed by atoms with Crippen molar-refractivity contribution in [1.82, 2.24) is 4.98 Å². The zero-order valence-electron chi connectivity index (χ0n) is 13.9. The second-order valence-electron chi connectivity index (χ2n) is 5.63. The Morgan fingerprint density at radius 3 is 2.50 bits per heavy atom. The number of nitrogens with zero attached hydrogens (tertiary/aromatic N) is 2. The molecular formula is C15H10F4N2O5S2. The molecule has 0 N–H and O–H groups in total. The molecule has 1 aromatic rings. The van der Waals surface area contributed by atoms with Crippen LogP contribution < -0.4 is 0 Å². The van der Waals surface area contributed by atoms with Gasteiger partial charge < -0.3 is 4.74 Å². The first-order chi connectivity index (χ1) is 12.9. The lowest BCUT2D eigenvalue weighted by molar-refractivity contribution is -0.0427. The van der Waals surface area contributed by atoms with Crippen molar-refractivity contribution in [2.75, 3.05) is 5.75 Å². The van der Waals surface area contributed by atoms with Gasteiger partial charge in [-0.05, 0) is 17.9 Å². The predicted molar refractivity (Wildman–Crippen MR) is 87.0 cm³/mol. The molecule has 150 valence electrons. The van der Waals surface area contributed by atoms with E-state index in [1.165, 1.54) is 6.92 Å². The molecule has 28 heavy (non-hydrogen) atoms. The minimum atomic E-state index is -5.63. The molecule has 0 amide bonds. The second kappa shape index (κ2) is 6.56. The summed E-state index contributed by atoms with van der Waals surface area (Å²) in [7, 11) is -9.48. The first-order valence-corrected chi connectivity index (χ1v) is 10.7. The molecular weight excluding hydrogens is 428 g/mol. The van der Waals surface area contributed by atoms with E-state index in [0.29, 0.717) is 0 Å². The van der Waals surface area contributed by atoms with E-state index in [-0.39, 0.29) is 16.4 Å². The summed E-state index contributed by atoms with van der Waals surface area (Å²) < 4.78 is 104. The zero-order chi connectivity index (χ0) is 20.9. The molecule has 2 heterocycles. The van der Waals surface area contributed by atoms with Gasteiger partial charge in [0, 0.05) is 6.42 Å². The van der Waals surface area contributed by atoms with Crippen LogP contribution in [0.5, 0.6) is 0 Å². The van der Waals surface area contributed by atoms with Gasteiger partial charge in [0.05, 0.1) is 10.6 Å². The molecule has 1 atom stereocenters. The van der Waals surface area contributed by atoms with Crippen LogP contribution in [0.3, 0.4) is 0 Å². The smallest absolute Gasteiger partial charge is 0.430 e. The van der Waals surface area contributed by atoms with Gasteiger partial charge in [0.2, 0.25) is 11.8 Å². The van der Waals surface area contributed by atoms with Gasteiger partial charge in [-0.1, -0.05) is 12.7 Å². The van der Waals surface area contributed by atoms with E-state index in [2.05, 4.69) is 15.7 Å². The number of rotatable bonds is 4. The quantitative estimate of drug-likeness (QED) is 0.405. The molecule has 2 aliphatic rings. The Bertz CT molecular complexity index is 1200. The van der Waals surface area contributed by atoms with Crippen LogP contribution in [0.15, 0.2) is 44.1 Å². The van der Waals surface area contributed by atoms with Gasteiger partial charge in [0.1, 0.15) is 16.6 Å². The van der Waals surface area contributed by atoms with Crippen molar-refractivity contribution in [3.8, 4) is 0 Å². The molecule has 0 bridgehead atoms. The van der Waals surface area contributed by atoms with Crippen molar-refractivity contribution >= 4 is 25.6 Å². The fraction of sp³-hybridized carbons (Fsp3) is 0.333. The third kappa shape index (κ3) is 3.37. The van der Waals surface area contributed by atoms with Crippen molar-refractivity contribution in [2.24, 2.45) is 4.99 Å². The normalized spacial score (nSPS) is 19.5. The van der Waals surface area contributed by atoms with E-state index in [9.17, 15) is 34.4 Å². The second-order valence-corrected chi connectivity index (χ2v) is 9.84. The van der Waals surface area contributed by atoms with Gasteiger partial charge in [-0.2, -0.15) is 17.6 Å². The van der Waals surface area contributed by atoms with Gasteiger partial charge in [-0.15, -0.1) is 0 Å². The number of alkyl halides is 3. The fourth-order valence-corrected chi connectivity index (χ4v) is 4.27. The monoisotopic (exact) mass is 438 g/mol. The highest BCUT2D eigenvalue weighted by molar-refractivity contribution is 7.96. The van der Waals surface area contributed by atoms with Crippen LogP contribution in [0, 0.1) is 5.95 Å². The summed E-state index contributed by atoms with van der Waals surface area (Å²) >= 11 is 0. The van der Waals surface area contributed by atoms with E-state index >= 15 is 0 Å². The first kappa shape index (κ1) is 20.3. The number of aromatic nitrogens is 1. The first-order valence-electron chi connectivity index (χ1n) is 7.58. The Balaban J connectivity index is 2.03. The van der Waals surface area contributed by atoms with Crippen LogP contribution in [0.2, 0.25) is 0 Å². The lowest BCUT2D eigenvalue weighted by Gasteiger charge is -2.13. The minimum absolute atomic E-state index is 0.179. The summed E-state index contributed by atoms with van der Waals surface area (Å²) in [6, 6.07) is 0.570. The van der Waals surface area contributed by atoms with E-state index in [0.717, 1.165) is 12.1 Å². The Morgan fingerprint density at radius 1 is 1.21 bits per heavy atom. The van der Waals surface area contributed by atoms with Gasteiger partial charge in [-0.25, -0.2) is 26.8 Å². The van der Waals surface area contributed by atoms with Crippen molar-refractivity contribution in [1.29, 1.82) is 0 Å². The van der Waals surface area contributed by atoms with Crippen LogP contribution in [0.25, 0.3) is 0 Å². The molecule has 7 nitrogen and oxygen atoms in total. The molecule has 3 rings (SSSR count). The number of halogens is 4. The Labute approximate surface area is 156 Å². The average molecular weight is 438 g/mol. The largest absolute Gasteiger partial charge is 0.502 e. The number of hydrogen-bond donors (Lipinski definition) is 0. The SMILES string of the molecule is CCS(=O)(=O)c1ccc(F)nc1C1=NC2CC(S(=O)(=O)C(F)(F)F)=C=C=C2O1. The Hall–Kier alpha value is -2.46. The molecule has 1 unspecified atom stereocenters. The molecule has 0 radical (unpaired) electrons. The highest BCUT2D eigenvalue weighted by atomic mass is 32.2. The van der Waals surface area contributed by atoms with Crippen LogP contribution >= 0.6 is 0 Å². The highest BCUT2D eigenvalue weighted by Crippen LogP contribution is 2.36. The molecule has 1 aliphatic heterocycles. The topological polar surface area (TPSA) is 103 Å². The summed E-state index contributed by atoms with van der Waals surface area (Å²) in [5.41, 5.74) is -1.96. The molecule has 0 saturated heterocycles. The van der Waals surface area contributed by atoms with Gasteiger partial charge in [-0.3, -0.25) is 0 Å². The number of fused-ring (bicyclic) bond motifs is 1. The van der Waals surface area contributed by atoms with Gasteiger partial charge >= 0.3 is 5.51 Å². The minimum Gasteiger partial charge on any atom is -0.430 e. The van der Waals surface area contributed by atoms with Crippen molar-refractivity contribution < 1.29 is 39.1 Å². The average Bonchev–Trinajstić information content (AvgIpc) is 3.03. The molecule has 1 aliphatic carbocycles. The summed E-state index contributed by atoms with van der Waals surface area (Å²) in [6.07, 6.45) is -0.723. The third-order valence-corrected chi connectivity index (χ3v) is 7.14. The lowest BCUT2D eigenvalue weighted by atomic mass is 10.1. The number of pyridine rings is 1. The zero-order valence-corrected chi connectivity index (χ0v) is 15.5. The number of aliphatic imine (C=N–C) groups is 1. The van der Waals surface area contributed by atoms with E-state index in [1.807, 2.05) is 5.73 Å². The standard InChI is InChI=1S/C15H10F4N2O5S2/c1-2-27(22,23)11-5-6-12(16)21-13(11)14-20-9-7-8(3-4-10(9)26-14)28(24,25)15(17,18)19/h5-6,9H,2,7H2,1H3. The van der Waals surface area contributed by atoms with Crippen LogP contribution in [-0.2, 0) is 24.4 Å². The van der Waals surface area contributed by atoms with Crippen LogP contribution in [-0.4, -0.2) is 45.0 Å². The summed E-state index contributed by atoms with van der Waals surface area (Å²) in [5, 5.41) is 0. The molecule has 0 fully saturated rings. The van der Waals surface area contributed by atoms with Gasteiger partial charge in [0.25, 0.3) is 9.84 Å². The van der Waals surface area contributed by atoms with E-state index in [1.54, 1.807) is 0 Å². The molecule has 13 heteroatoms.